The van der Waals surface area contributed by atoms with E-state index in [9.17, 15) is 66.3 Å². The molecule has 428 valence electrons. The summed E-state index contributed by atoms with van der Waals surface area (Å²) in [6.07, 6.45) is 4.72. The molecule has 82 heavy (non-hydrogen) atoms. The zero-order chi connectivity index (χ0) is 58.5. The molecular formula is C58H59F2N8O13P. The first-order valence-corrected chi connectivity index (χ1v) is 28.5. The fraction of sp³-hybridized carbons (Fsp3) is 0.362. The van der Waals surface area contributed by atoms with Crippen LogP contribution in [-0.2, 0) is 63.2 Å². The van der Waals surface area contributed by atoms with Crippen molar-refractivity contribution in [3.05, 3.63) is 136 Å². The highest BCUT2D eigenvalue weighted by Crippen LogP contribution is 2.59. The summed E-state index contributed by atoms with van der Waals surface area (Å²) >= 11 is 0. The molecule has 4 aliphatic rings. The predicted octanol–water partition coefficient (Wildman–Crippen LogP) is 4.54. The number of anilines is 1. The lowest BCUT2D eigenvalue weighted by molar-refractivity contribution is -0.137. The Morgan fingerprint density at radius 1 is 0.854 bits per heavy atom. The lowest BCUT2D eigenvalue weighted by Crippen LogP contribution is -2.57. The number of halogens is 2. The number of nitrogens with zero attached hydrogens (tertiary/aromatic N) is 2. The van der Waals surface area contributed by atoms with Crippen LogP contribution in [0.1, 0.15) is 131 Å². The van der Waals surface area contributed by atoms with Crippen LogP contribution in [0.4, 0.5) is 14.5 Å². The Morgan fingerprint density at radius 3 is 2.35 bits per heavy atom. The third-order valence-electron chi connectivity index (χ3n) is 15.0. The maximum atomic E-state index is 14.6. The van der Waals surface area contributed by atoms with Crippen molar-refractivity contribution < 1.29 is 70.7 Å². The van der Waals surface area contributed by atoms with Crippen LogP contribution in [0, 0.1) is 11.8 Å². The Bertz CT molecular complexity index is 3500. The number of amides is 9. The third-order valence-corrected chi connectivity index (χ3v) is 16.0. The number of nitrogens with two attached hydrogens (primary N) is 1. The highest BCUT2D eigenvalue weighted by atomic mass is 31.2. The van der Waals surface area contributed by atoms with Crippen LogP contribution in [0.2, 0.25) is 0 Å². The molecule has 9 N–H and O–H groups in total. The molecule has 0 bridgehead atoms. The SMILES string of the molecule is NC(=O)CC[C@H](NC(=O)[C@@H]1Cc2cccc3c2N1C(=O)[C@@H](NC(=O)c1cc2cc(C(F)(F)P(=O)(O)O)ccc2o1)CC3)C(=O)N[C@H](C(=O)NCCCCCCCC#Cc1cccc2c1CN(C1CCC(=O)NC1=O)C2=O)c1ccccc1. The van der Waals surface area contributed by atoms with E-state index >= 15 is 0 Å². The first-order chi connectivity index (χ1) is 39.2. The summed E-state index contributed by atoms with van der Waals surface area (Å²) in [6, 6.07) is 16.8. The molecule has 9 amide bonds. The molecule has 5 atom stereocenters. The molecule has 4 aliphatic heterocycles. The number of rotatable bonds is 21. The number of para-hydroxylation sites is 1. The zero-order valence-corrected chi connectivity index (χ0v) is 45.1. The van der Waals surface area contributed by atoms with Crippen LogP contribution in [-0.4, -0.2) is 98.6 Å². The molecule has 4 aromatic carbocycles. The summed E-state index contributed by atoms with van der Waals surface area (Å²) in [5.41, 5.74) is 4.12. The second kappa shape index (κ2) is 24.6. The normalized spacial score (nSPS) is 18.3. The summed E-state index contributed by atoms with van der Waals surface area (Å²) in [5.74, 6) is 0.412. The average molecular weight is 1150 g/mol. The van der Waals surface area contributed by atoms with E-state index in [1.54, 1.807) is 60.7 Å². The number of aryl methyl sites for hydroxylation is 1. The number of nitrogens with one attached hydrogen (secondary N) is 5. The summed E-state index contributed by atoms with van der Waals surface area (Å²) < 4.78 is 46.1. The molecule has 1 aromatic heterocycles. The Morgan fingerprint density at radius 2 is 1.60 bits per heavy atom. The fourth-order valence-corrected chi connectivity index (χ4v) is 11.2. The standard InChI is InChI=1S/C58H59F2N8O13P/c59-58(60,82(78,79)80)38-21-25-45-37(29-38)31-46(81-45)54(74)64-42-22-20-35-17-11-18-36-30-44(68(50(35)36)57(42)77)53(73)63-41(23-26-47(61)69)51(71)66-49(34-14-8-6-9-15-34)55(75)62-28-10-5-3-1-2-4-7-13-33-16-12-19-39-40(33)32-67(56(39)76)43-24-27-48(70)65-52(43)72/h6,8-9,11-12,14-19,21,25,29,31,41-44,49H,1-5,10,20,22-24,26-28,30,32H2,(H2,61,69)(H,62,75)(H,63,73)(H,64,74)(H,66,71)(H,65,70,72)(H2,78,79,80)/t41-,42-,43?,44-,49-/m0/s1. The van der Waals surface area contributed by atoms with Gasteiger partial charge in [-0.25, -0.2) is 0 Å². The van der Waals surface area contributed by atoms with E-state index in [2.05, 4.69) is 38.4 Å². The van der Waals surface area contributed by atoms with Crippen molar-refractivity contribution in [2.24, 2.45) is 5.73 Å². The zero-order valence-electron chi connectivity index (χ0n) is 44.2. The van der Waals surface area contributed by atoms with Crippen LogP contribution in [0.15, 0.2) is 95.4 Å². The molecule has 9 rings (SSSR count). The Labute approximate surface area is 468 Å². The number of benzene rings is 4. The number of alkyl halides is 2. The molecule has 1 saturated heterocycles. The van der Waals surface area contributed by atoms with Gasteiger partial charge in [0.2, 0.25) is 41.4 Å². The predicted molar refractivity (Wildman–Crippen MR) is 291 cm³/mol. The largest absolute Gasteiger partial charge is 0.451 e. The van der Waals surface area contributed by atoms with E-state index in [0.717, 1.165) is 55.5 Å². The van der Waals surface area contributed by atoms with E-state index in [0.29, 0.717) is 46.3 Å². The Kier molecular flexibility index (Phi) is 17.5. The lowest BCUT2D eigenvalue weighted by atomic mass is 10.0. The van der Waals surface area contributed by atoms with Gasteiger partial charge in [-0.3, -0.25) is 57.9 Å². The molecule has 1 fully saturated rings. The van der Waals surface area contributed by atoms with Gasteiger partial charge in [-0.15, -0.1) is 0 Å². The number of hydrogen-bond acceptors (Lipinski definition) is 11. The van der Waals surface area contributed by atoms with Gasteiger partial charge in [0, 0.05) is 60.8 Å². The smallest absolute Gasteiger partial charge is 0.399 e. The molecule has 0 spiro atoms. The van der Waals surface area contributed by atoms with Crippen LogP contribution in [0.25, 0.3) is 11.0 Å². The number of fused-ring (bicyclic) bond motifs is 2. The number of hydrogen-bond donors (Lipinski definition) is 8. The Hall–Kier alpha value is -8.58. The molecule has 0 radical (unpaired) electrons. The molecule has 0 saturated carbocycles. The van der Waals surface area contributed by atoms with Gasteiger partial charge in [0.25, 0.3) is 11.8 Å². The number of primary amides is 1. The number of carbonyl (C=O) groups excluding carboxylic acids is 9. The van der Waals surface area contributed by atoms with Crippen molar-refractivity contribution in [3.8, 4) is 11.8 Å². The van der Waals surface area contributed by atoms with E-state index in [1.807, 2.05) is 6.07 Å². The average Bonchev–Trinajstić information content (AvgIpc) is 4.37. The van der Waals surface area contributed by atoms with Gasteiger partial charge in [-0.1, -0.05) is 85.7 Å². The minimum atomic E-state index is -5.90. The van der Waals surface area contributed by atoms with Crippen molar-refractivity contribution in [2.45, 2.75) is 126 Å². The number of imide groups is 1. The minimum Gasteiger partial charge on any atom is -0.451 e. The maximum absolute atomic E-state index is 14.6. The first-order valence-electron chi connectivity index (χ1n) is 26.9. The van der Waals surface area contributed by atoms with Crippen LogP contribution >= 0.6 is 7.60 Å². The van der Waals surface area contributed by atoms with E-state index in [4.69, 9.17) is 10.2 Å². The van der Waals surface area contributed by atoms with Gasteiger partial charge in [-0.2, -0.15) is 8.78 Å². The van der Waals surface area contributed by atoms with Gasteiger partial charge in [0.05, 0.1) is 5.69 Å². The lowest BCUT2D eigenvalue weighted by Gasteiger charge is -2.29. The number of carbonyl (C=O) groups is 9. The summed E-state index contributed by atoms with van der Waals surface area (Å²) in [6.45, 7) is 0.519. The van der Waals surface area contributed by atoms with Gasteiger partial charge >= 0.3 is 13.3 Å². The van der Waals surface area contributed by atoms with Gasteiger partial charge < -0.3 is 46.1 Å². The first kappa shape index (κ1) is 58.1. The molecule has 21 nitrogen and oxygen atoms in total. The topological polar surface area (TPSA) is 317 Å². The maximum Gasteiger partial charge on any atom is 0.399 e. The van der Waals surface area contributed by atoms with Crippen molar-refractivity contribution in [1.82, 2.24) is 31.5 Å². The molecular weight excluding hydrogens is 1090 g/mol. The summed E-state index contributed by atoms with van der Waals surface area (Å²) in [5, 5.41) is 13.2. The number of unbranched alkanes of at least 4 members (excludes halogenated alkanes) is 5. The van der Waals surface area contributed by atoms with Crippen LogP contribution in [0.3, 0.4) is 0 Å². The van der Waals surface area contributed by atoms with E-state index in [1.165, 1.54) is 9.80 Å². The summed E-state index contributed by atoms with van der Waals surface area (Å²) in [4.78, 5) is 142. The molecule has 24 heteroatoms. The van der Waals surface area contributed by atoms with Crippen molar-refractivity contribution in [3.63, 3.8) is 0 Å². The van der Waals surface area contributed by atoms with E-state index in [-0.39, 0.29) is 80.8 Å². The third kappa shape index (κ3) is 12.6. The highest BCUT2D eigenvalue weighted by molar-refractivity contribution is 7.52. The van der Waals surface area contributed by atoms with Crippen molar-refractivity contribution in [1.29, 1.82) is 0 Å². The van der Waals surface area contributed by atoms with Crippen LogP contribution in [0.5, 0.6) is 0 Å². The molecule has 0 aliphatic carbocycles. The van der Waals surface area contributed by atoms with Gasteiger partial charge in [0.1, 0.15) is 35.8 Å². The summed E-state index contributed by atoms with van der Waals surface area (Å²) in [7, 11) is -5.90. The van der Waals surface area contributed by atoms with Gasteiger partial charge in [-0.05, 0) is 97.2 Å². The number of piperidine rings is 1. The van der Waals surface area contributed by atoms with Crippen molar-refractivity contribution in [2.75, 3.05) is 11.4 Å². The second-order valence-electron chi connectivity index (χ2n) is 20.6. The van der Waals surface area contributed by atoms with Gasteiger partial charge in [0.15, 0.2) is 5.76 Å². The molecule has 1 unspecified atom stereocenters. The number of furan rings is 1. The fourth-order valence-electron chi connectivity index (χ4n) is 10.8. The monoisotopic (exact) mass is 1140 g/mol. The Balaban J connectivity index is 0.792. The van der Waals surface area contributed by atoms with Crippen molar-refractivity contribution >= 4 is 77.4 Å². The molecule has 5 aromatic rings. The van der Waals surface area contributed by atoms with E-state index < -0.39 is 96.1 Å². The molecule has 5 heterocycles. The minimum absolute atomic E-state index is 0.00964. The highest BCUT2D eigenvalue weighted by Gasteiger charge is 2.51. The second-order valence-corrected chi connectivity index (χ2v) is 22.3. The van der Waals surface area contributed by atoms with Crippen LogP contribution < -0.4 is 37.2 Å². The quantitative estimate of drug-likeness (QED) is 0.0217.